The Labute approximate surface area is 91.4 Å². The van der Waals surface area contributed by atoms with Crippen LogP contribution < -0.4 is 0 Å². The summed E-state index contributed by atoms with van der Waals surface area (Å²) >= 11 is 0. The molecule has 0 bridgehead atoms. The topological polar surface area (TPSA) is 77.2 Å². The molecular weight excluding hydrogens is 210 g/mol. The van der Waals surface area contributed by atoms with Gasteiger partial charge < -0.3 is 9.84 Å². The maximum absolute atomic E-state index is 10.6. The monoisotopic (exact) mass is 221 g/mol. The number of hydrogen-bond donors (Lipinski definition) is 1. The summed E-state index contributed by atoms with van der Waals surface area (Å²) in [5, 5.41) is 17.0. The van der Waals surface area contributed by atoms with Crippen molar-refractivity contribution < 1.29 is 14.6 Å². The SMILES string of the molecule is COCn1nc2ccc(CC(=O)O)cc2n1. The van der Waals surface area contributed by atoms with Crippen molar-refractivity contribution in [3.05, 3.63) is 23.8 Å². The molecule has 84 valence electrons. The van der Waals surface area contributed by atoms with Crippen LogP contribution in [0.5, 0.6) is 0 Å². The minimum Gasteiger partial charge on any atom is -0.481 e. The zero-order valence-electron chi connectivity index (χ0n) is 8.75. The van der Waals surface area contributed by atoms with Crippen molar-refractivity contribution in [2.24, 2.45) is 0 Å². The standard InChI is InChI=1S/C10H11N3O3/c1-16-6-13-11-8-3-2-7(5-10(14)15)4-9(8)12-13/h2-4H,5-6H2,1H3,(H,14,15). The summed E-state index contributed by atoms with van der Waals surface area (Å²) in [5.41, 5.74) is 2.12. The first-order valence-corrected chi connectivity index (χ1v) is 4.73. The van der Waals surface area contributed by atoms with E-state index in [2.05, 4.69) is 10.2 Å². The number of methoxy groups -OCH3 is 1. The molecule has 2 aromatic rings. The van der Waals surface area contributed by atoms with Gasteiger partial charge in [0.15, 0.2) is 6.73 Å². The first-order chi connectivity index (χ1) is 7.69. The molecule has 16 heavy (non-hydrogen) atoms. The van der Waals surface area contributed by atoms with Crippen LogP contribution in [-0.4, -0.2) is 33.2 Å². The van der Waals surface area contributed by atoms with Gasteiger partial charge >= 0.3 is 5.97 Å². The highest BCUT2D eigenvalue weighted by atomic mass is 16.5. The van der Waals surface area contributed by atoms with E-state index in [0.717, 1.165) is 5.52 Å². The molecule has 1 aromatic heterocycles. The van der Waals surface area contributed by atoms with Crippen molar-refractivity contribution >= 4 is 17.0 Å². The summed E-state index contributed by atoms with van der Waals surface area (Å²) in [4.78, 5) is 12.0. The third-order valence-corrected chi connectivity index (χ3v) is 2.09. The fourth-order valence-corrected chi connectivity index (χ4v) is 1.46. The van der Waals surface area contributed by atoms with E-state index >= 15 is 0 Å². The van der Waals surface area contributed by atoms with E-state index in [0.29, 0.717) is 11.1 Å². The van der Waals surface area contributed by atoms with Gasteiger partial charge in [-0.1, -0.05) is 6.07 Å². The number of benzene rings is 1. The predicted octanol–water partition coefficient (Wildman–Crippen LogP) is 0.662. The number of carboxylic acid groups (broad SMARTS) is 1. The molecule has 1 N–H and O–H groups in total. The highest BCUT2D eigenvalue weighted by molar-refractivity contribution is 5.77. The smallest absolute Gasteiger partial charge is 0.307 e. The number of hydrogen-bond acceptors (Lipinski definition) is 4. The number of carbonyl (C=O) groups is 1. The molecule has 6 heteroatoms. The van der Waals surface area contributed by atoms with Crippen LogP contribution >= 0.6 is 0 Å². The van der Waals surface area contributed by atoms with Crippen LogP contribution in [0.15, 0.2) is 18.2 Å². The molecule has 0 aliphatic heterocycles. The lowest BCUT2D eigenvalue weighted by atomic mass is 10.1. The Morgan fingerprint density at radius 3 is 2.88 bits per heavy atom. The zero-order chi connectivity index (χ0) is 11.5. The van der Waals surface area contributed by atoms with E-state index < -0.39 is 5.97 Å². The number of fused-ring (bicyclic) bond motifs is 1. The molecule has 0 unspecified atom stereocenters. The van der Waals surface area contributed by atoms with Crippen molar-refractivity contribution in [2.45, 2.75) is 13.2 Å². The molecule has 0 aliphatic rings. The quantitative estimate of drug-likeness (QED) is 0.820. The van der Waals surface area contributed by atoms with Crippen LogP contribution in [-0.2, 0) is 22.7 Å². The van der Waals surface area contributed by atoms with Gasteiger partial charge in [-0.25, -0.2) is 0 Å². The molecule has 1 heterocycles. The Morgan fingerprint density at radius 2 is 2.19 bits per heavy atom. The van der Waals surface area contributed by atoms with Gasteiger partial charge in [0.1, 0.15) is 11.0 Å². The number of aromatic nitrogens is 3. The van der Waals surface area contributed by atoms with Gasteiger partial charge in [0.05, 0.1) is 6.42 Å². The summed E-state index contributed by atoms with van der Waals surface area (Å²) in [7, 11) is 1.56. The second kappa shape index (κ2) is 4.28. The summed E-state index contributed by atoms with van der Waals surface area (Å²) in [6, 6.07) is 5.22. The van der Waals surface area contributed by atoms with E-state index in [1.165, 1.54) is 4.80 Å². The van der Waals surface area contributed by atoms with Crippen LogP contribution in [0, 0.1) is 0 Å². The third kappa shape index (κ3) is 2.17. The molecule has 2 rings (SSSR count). The maximum atomic E-state index is 10.6. The molecule has 0 fully saturated rings. The van der Waals surface area contributed by atoms with Crippen LogP contribution in [0.1, 0.15) is 5.56 Å². The van der Waals surface area contributed by atoms with Crippen molar-refractivity contribution in [3.63, 3.8) is 0 Å². The molecule has 0 saturated carbocycles. The molecule has 6 nitrogen and oxygen atoms in total. The number of ether oxygens (including phenoxy) is 1. The molecule has 0 radical (unpaired) electrons. The summed E-state index contributed by atoms with van der Waals surface area (Å²) in [6.45, 7) is 0.281. The van der Waals surface area contributed by atoms with Crippen molar-refractivity contribution in [2.75, 3.05) is 7.11 Å². The van der Waals surface area contributed by atoms with E-state index in [1.807, 2.05) is 0 Å². The Balaban J connectivity index is 2.33. The Hall–Kier alpha value is -1.95. The van der Waals surface area contributed by atoms with Crippen molar-refractivity contribution in [3.8, 4) is 0 Å². The minimum atomic E-state index is -0.858. The maximum Gasteiger partial charge on any atom is 0.307 e. The largest absolute Gasteiger partial charge is 0.481 e. The highest BCUT2D eigenvalue weighted by Crippen LogP contribution is 2.12. The van der Waals surface area contributed by atoms with E-state index in [4.69, 9.17) is 9.84 Å². The second-order valence-electron chi connectivity index (χ2n) is 3.38. The number of rotatable bonds is 4. The zero-order valence-corrected chi connectivity index (χ0v) is 8.75. The van der Waals surface area contributed by atoms with Gasteiger partial charge in [0, 0.05) is 7.11 Å². The number of nitrogens with zero attached hydrogens (tertiary/aromatic N) is 3. The lowest BCUT2D eigenvalue weighted by Crippen LogP contribution is -2.03. The van der Waals surface area contributed by atoms with E-state index in [9.17, 15) is 4.79 Å². The number of aliphatic carboxylic acids is 1. The molecule has 0 saturated heterocycles. The van der Waals surface area contributed by atoms with Gasteiger partial charge in [-0.3, -0.25) is 4.79 Å². The van der Waals surface area contributed by atoms with Gasteiger partial charge in [-0.05, 0) is 17.7 Å². The van der Waals surface area contributed by atoms with Gasteiger partial charge in [0.25, 0.3) is 0 Å². The van der Waals surface area contributed by atoms with Crippen LogP contribution in [0.25, 0.3) is 11.0 Å². The van der Waals surface area contributed by atoms with Crippen molar-refractivity contribution in [1.29, 1.82) is 0 Å². The number of carboxylic acids is 1. The normalized spacial score (nSPS) is 10.8. The third-order valence-electron chi connectivity index (χ3n) is 2.09. The highest BCUT2D eigenvalue weighted by Gasteiger charge is 2.05. The predicted molar refractivity (Wildman–Crippen MR) is 55.9 cm³/mol. The fourth-order valence-electron chi connectivity index (χ4n) is 1.46. The second-order valence-corrected chi connectivity index (χ2v) is 3.38. The molecular formula is C10H11N3O3. The molecule has 0 aliphatic carbocycles. The fraction of sp³-hybridized carbons (Fsp3) is 0.300. The van der Waals surface area contributed by atoms with Crippen LogP contribution in [0.3, 0.4) is 0 Å². The Morgan fingerprint density at radius 1 is 1.44 bits per heavy atom. The van der Waals surface area contributed by atoms with E-state index in [1.54, 1.807) is 25.3 Å². The van der Waals surface area contributed by atoms with Gasteiger partial charge in [-0.2, -0.15) is 15.0 Å². The van der Waals surface area contributed by atoms with Crippen LogP contribution in [0.4, 0.5) is 0 Å². The first kappa shape index (κ1) is 10.6. The average molecular weight is 221 g/mol. The molecule has 1 aromatic carbocycles. The van der Waals surface area contributed by atoms with Crippen molar-refractivity contribution in [1.82, 2.24) is 15.0 Å². The molecule has 0 spiro atoms. The lowest BCUT2D eigenvalue weighted by molar-refractivity contribution is -0.136. The van der Waals surface area contributed by atoms with Gasteiger partial charge in [0.2, 0.25) is 0 Å². The molecule has 0 amide bonds. The summed E-state index contributed by atoms with van der Waals surface area (Å²) in [6.07, 6.45) is -0.00687. The summed E-state index contributed by atoms with van der Waals surface area (Å²) < 4.78 is 4.90. The van der Waals surface area contributed by atoms with Gasteiger partial charge in [-0.15, -0.1) is 0 Å². The summed E-state index contributed by atoms with van der Waals surface area (Å²) in [5.74, 6) is -0.858. The minimum absolute atomic E-state index is 0.00687. The van der Waals surface area contributed by atoms with E-state index in [-0.39, 0.29) is 13.2 Å². The Kier molecular flexibility index (Phi) is 2.82. The Bertz CT molecular complexity index is 521. The first-order valence-electron chi connectivity index (χ1n) is 4.73. The lowest BCUT2D eigenvalue weighted by Gasteiger charge is -1.94. The van der Waals surface area contributed by atoms with Crippen LogP contribution in [0.2, 0.25) is 0 Å². The average Bonchev–Trinajstić information content (AvgIpc) is 2.59. The molecule has 0 atom stereocenters.